The minimum absolute atomic E-state index is 0.377. The third kappa shape index (κ3) is 5.15. The largest absolute Gasteiger partial charge is 0.396 e. The Morgan fingerprint density at radius 3 is 2.44 bits per heavy atom. The van der Waals surface area contributed by atoms with Gasteiger partial charge in [0, 0.05) is 7.11 Å². The number of rotatable bonds is 4. The smallest absolute Gasteiger partial charge is 0.389 e. The van der Waals surface area contributed by atoms with Crippen LogP contribution < -0.4 is 0 Å². The standard InChI is InChI=1S/C4H9Cl2FOSi/c1-8-9(5,6)4-2-3-7/h2-4H2,1H3. The molecule has 9 heavy (non-hydrogen) atoms. The van der Waals surface area contributed by atoms with Crippen LogP contribution in [0.4, 0.5) is 4.39 Å². The predicted molar refractivity (Wildman–Crippen MR) is 39.9 cm³/mol. The number of hydrogen-bond donors (Lipinski definition) is 0. The van der Waals surface area contributed by atoms with Gasteiger partial charge in [0.25, 0.3) is 0 Å². The fourth-order valence-corrected chi connectivity index (χ4v) is 1.93. The lowest BCUT2D eigenvalue weighted by molar-refractivity contribution is 0.417. The predicted octanol–water partition coefficient (Wildman–Crippen LogP) is 2.41. The van der Waals surface area contributed by atoms with Crippen molar-refractivity contribution >= 4 is 29.1 Å². The first kappa shape index (κ1) is 9.69. The molecule has 0 radical (unpaired) electrons. The van der Waals surface area contributed by atoms with Gasteiger partial charge in [-0.25, -0.2) is 0 Å². The van der Waals surface area contributed by atoms with Crippen LogP contribution in [0, 0.1) is 0 Å². The van der Waals surface area contributed by atoms with E-state index >= 15 is 0 Å². The van der Waals surface area contributed by atoms with Crippen molar-refractivity contribution in [1.29, 1.82) is 0 Å². The molecule has 0 aromatic rings. The van der Waals surface area contributed by atoms with E-state index in [1.54, 1.807) is 0 Å². The van der Waals surface area contributed by atoms with Crippen LogP contribution in [0.2, 0.25) is 6.04 Å². The molecule has 0 bridgehead atoms. The SMILES string of the molecule is CO[Si](Cl)(Cl)CCCF. The zero-order valence-corrected chi connectivity index (χ0v) is 7.68. The van der Waals surface area contributed by atoms with Gasteiger partial charge >= 0.3 is 6.94 Å². The van der Waals surface area contributed by atoms with E-state index < -0.39 is 6.94 Å². The van der Waals surface area contributed by atoms with Crippen molar-refractivity contribution in [2.45, 2.75) is 12.5 Å². The first-order chi connectivity index (χ1) is 4.12. The first-order valence-corrected chi connectivity index (χ1v) is 6.75. The van der Waals surface area contributed by atoms with E-state index in [1.807, 2.05) is 0 Å². The fourth-order valence-electron chi connectivity index (χ4n) is 0.375. The Morgan fingerprint density at radius 1 is 1.56 bits per heavy atom. The molecule has 0 aromatic carbocycles. The first-order valence-electron chi connectivity index (χ1n) is 2.61. The van der Waals surface area contributed by atoms with Gasteiger partial charge in [-0.05, 0) is 12.5 Å². The molecular formula is C4H9Cl2FOSi. The fraction of sp³-hybridized carbons (Fsp3) is 1.00. The second-order valence-corrected chi connectivity index (χ2v) is 8.06. The average molecular weight is 191 g/mol. The molecule has 0 aliphatic heterocycles. The van der Waals surface area contributed by atoms with E-state index in [0.29, 0.717) is 12.5 Å². The van der Waals surface area contributed by atoms with Crippen molar-refractivity contribution in [2.24, 2.45) is 0 Å². The molecular weight excluding hydrogens is 182 g/mol. The molecule has 0 aromatic heterocycles. The summed E-state index contributed by atoms with van der Waals surface area (Å²) in [6.45, 7) is -2.87. The maximum atomic E-state index is 11.5. The molecule has 0 rings (SSSR count). The maximum Gasteiger partial charge on any atom is 0.389 e. The van der Waals surface area contributed by atoms with E-state index in [4.69, 9.17) is 26.6 Å². The van der Waals surface area contributed by atoms with Crippen LogP contribution in [0.25, 0.3) is 0 Å². The molecule has 0 atom stereocenters. The van der Waals surface area contributed by atoms with E-state index in [1.165, 1.54) is 7.11 Å². The molecule has 0 spiro atoms. The quantitative estimate of drug-likeness (QED) is 0.489. The summed E-state index contributed by atoms with van der Waals surface area (Å²) in [6.07, 6.45) is 0.396. The Balaban J connectivity index is 3.33. The summed E-state index contributed by atoms with van der Waals surface area (Å²) in [5.41, 5.74) is 0. The second kappa shape index (κ2) is 4.49. The molecule has 0 unspecified atom stereocenters. The van der Waals surface area contributed by atoms with Gasteiger partial charge in [0.2, 0.25) is 0 Å². The van der Waals surface area contributed by atoms with Gasteiger partial charge in [-0.1, -0.05) is 0 Å². The summed E-state index contributed by atoms with van der Waals surface area (Å²) in [6, 6.07) is 0.461. The summed E-state index contributed by atoms with van der Waals surface area (Å²) in [7, 11) is 1.45. The van der Waals surface area contributed by atoms with E-state index in [2.05, 4.69) is 0 Å². The van der Waals surface area contributed by atoms with Gasteiger partial charge in [-0.3, -0.25) is 4.39 Å². The van der Waals surface area contributed by atoms with Crippen LogP contribution >= 0.6 is 22.2 Å². The van der Waals surface area contributed by atoms with Crippen LogP contribution in [0.5, 0.6) is 0 Å². The number of hydrogen-bond acceptors (Lipinski definition) is 1. The molecule has 0 N–H and O–H groups in total. The highest BCUT2D eigenvalue weighted by molar-refractivity contribution is 7.42. The lowest BCUT2D eigenvalue weighted by Gasteiger charge is -2.11. The molecule has 0 aliphatic rings. The van der Waals surface area contributed by atoms with Crippen molar-refractivity contribution in [3.05, 3.63) is 0 Å². The van der Waals surface area contributed by atoms with Crippen LogP contribution in [-0.4, -0.2) is 20.7 Å². The molecule has 5 heteroatoms. The summed E-state index contributed by atoms with van der Waals surface area (Å²) < 4.78 is 16.3. The molecule has 0 saturated carbocycles. The van der Waals surface area contributed by atoms with Gasteiger partial charge in [0.05, 0.1) is 6.67 Å². The minimum atomic E-state index is -2.49. The summed E-state index contributed by atoms with van der Waals surface area (Å²) in [5.74, 6) is 0. The van der Waals surface area contributed by atoms with Gasteiger partial charge < -0.3 is 4.43 Å². The zero-order valence-electron chi connectivity index (χ0n) is 5.16. The summed E-state index contributed by atoms with van der Waals surface area (Å²) in [5, 5.41) is 0. The van der Waals surface area contributed by atoms with Crippen LogP contribution in [-0.2, 0) is 4.43 Å². The Morgan fingerprint density at radius 2 is 2.11 bits per heavy atom. The highest BCUT2D eigenvalue weighted by Crippen LogP contribution is 2.22. The highest BCUT2D eigenvalue weighted by Gasteiger charge is 2.27. The van der Waals surface area contributed by atoms with Gasteiger partial charge in [0.15, 0.2) is 0 Å². The normalized spacial score (nSPS) is 12.0. The third-order valence-corrected chi connectivity index (χ3v) is 4.49. The van der Waals surface area contributed by atoms with Crippen molar-refractivity contribution in [3.63, 3.8) is 0 Å². The van der Waals surface area contributed by atoms with Crippen LogP contribution in [0.3, 0.4) is 0 Å². The molecule has 0 heterocycles. The van der Waals surface area contributed by atoms with Crippen molar-refractivity contribution < 1.29 is 8.82 Å². The summed E-state index contributed by atoms with van der Waals surface area (Å²) >= 11 is 11.2. The monoisotopic (exact) mass is 190 g/mol. The van der Waals surface area contributed by atoms with E-state index in [0.717, 1.165) is 0 Å². The van der Waals surface area contributed by atoms with Gasteiger partial charge in [-0.15, -0.1) is 22.2 Å². The molecule has 0 saturated heterocycles. The Labute approximate surface area is 64.6 Å². The van der Waals surface area contributed by atoms with Gasteiger partial charge in [0.1, 0.15) is 0 Å². The maximum absolute atomic E-state index is 11.5. The van der Waals surface area contributed by atoms with Crippen molar-refractivity contribution in [3.8, 4) is 0 Å². The van der Waals surface area contributed by atoms with Crippen molar-refractivity contribution in [1.82, 2.24) is 0 Å². The lowest BCUT2D eigenvalue weighted by Crippen LogP contribution is -2.21. The molecule has 0 amide bonds. The Bertz CT molecular complexity index is 81.0. The van der Waals surface area contributed by atoms with E-state index in [9.17, 15) is 4.39 Å². The lowest BCUT2D eigenvalue weighted by atomic mass is 10.6. The van der Waals surface area contributed by atoms with Crippen molar-refractivity contribution in [2.75, 3.05) is 13.8 Å². The average Bonchev–Trinajstić information content (AvgIpc) is 1.84. The van der Waals surface area contributed by atoms with Crippen LogP contribution in [0.15, 0.2) is 0 Å². The summed E-state index contributed by atoms with van der Waals surface area (Å²) in [4.78, 5) is 0. The highest BCUT2D eigenvalue weighted by atomic mass is 35.7. The third-order valence-electron chi connectivity index (χ3n) is 0.900. The minimum Gasteiger partial charge on any atom is -0.396 e. The molecule has 1 nitrogen and oxygen atoms in total. The Hall–Kier alpha value is 0.687. The number of alkyl halides is 1. The second-order valence-electron chi connectivity index (χ2n) is 1.63. The van der Waals surface area contributed by atoms with E-state index in [-0.39, 0.29) is 6.67 Å². The zero-order chi connectivity index (χ0) is 7.33. The molecule has 0 fully saturated rings. The Kier molecular flexibility index (Phi) is 4.84. The van der Waals surface area contributed by atoms with Gasteiger partial charge in [-0.2, -0.15) is 0 Å². The topological polar surface area (TPSA) is 9.23 Å². The number of halogens is 3. The molecule has 56 valence electrons. The molecule has 0 aliphatic carbocycles. The van der Waals surface area contributed by atoms with Crippen LogP contribution in [0.1, 0.15) is 6.42 Å².